The van der Waals surface area contributed by atoms with E-state index in [0.717, 1.165) is 32.0 Å². The van der Waals surface area contributed by atoms with Crippen LogP contribution >= 0.6 is 27.3 Å². The molecule has 0 radical (unpaired) electrons. The fourth-order valence-electron chi connectivity index (χ4n) is 1.99. The average molecular weight is 322 g/mol. The van der Waals surface area contributed by atoms with E-state index in [0.29, 0.717) is 6.54 Å². The van der Waals surface area contributed by atoms with Crippen LogP contribution in [-0.4, -0.2) is 16.5 Å². The van der Waals surface area contributed by atoms with Crippen LogP contribution in [0.2, 0.25) is 0 Å². The van der Waals surface area contributed by atoms with Gasteiger partial charge in [0.05, 0.1) is 9.48 Å². The number of aromatic amines is 1. The molecule has 0 aliphatic rings. The van der Waals surface area contributed by atoms with E-state index in [-0.39, 0.29) is 0 Å². The third-order valence-corrected chi connectivity index (χ3v) is 4.71. The summed E-state index contributed by atoms with van der Waals surface area (Å²) in [5, 5.41) is 2.24. The topological polar surface area (TPSA) is 54.7 Å². The van der Waals surface area contributed by atoms with Crippen molar-refractivity contribution < 1.29 is 0 Å². The van der Waals surface area contributed by atoms with Crippen molar-refractivity contribution in [3.8, 4) is 10.6 Å². The van der Waals surface area contributed by atoms with Gasteiger partial charge in [0.25, 0.3) is 0 Å². The van der Waals surface area contributed by atoms with Crippen LogP contribution in [0.25, 0.3) is 21.5 Å². The number of nitrogens with zero attached hydrogens (tertiary/aromatic N) is 1. The molecule has 0 aliphatic carbocycles. The predicted octanol–water partition coefficient (Wildman–Crippen LogP) is 3.56. The van der Waals surface area contributed by atoms with Crippen LogP contribution in [0.5, 0.6) is 0 Å². The molecule has 2 heterocycles. The van der Waals surface area contributed by atoms with Crippen molar-refractivity contribution in [2.24, 2.45) is 5.73 Å². The molecule has 0 fully saturated rings. The van der Waals surface area contributed by atoms with Crippen molar-refractivity contribution in [1.82, 2.24) is 9.97 Å². The number of hydrogen-bond acceptors (Lipinski definition) is 3. The van der Waals surface area contributed by atoms with Crippen LogP contribution in [-0.2, 0) is 6.42 Å². The van der Waals surface area contributed by atoms with Gasteiger partial charge in [-0.15, -0.1) is 11.3 Å². The molecule has 5 heteroatoms. The Hall–Kier alpha value is -1.17. The molecule has 0 saturated carbocycles. The minimum atomic E-state index is 0.621. The minimum absolute atomic E-state index is 0.621. The summed E-state index contributed by atoms with van der Waals surface area (Å²) in [6.45, 7) is 0.621. The smallest absolute Gasteiger partial charge is 0.126 e. The first kappa shape index (κ1) is 11.9. The molecule has 3 N–H and O–H groups in total. The molecule has 3 rings (SSSR count). The molecule has 18 heavy (non-hydrogen) atoms. The normalized spacial score (nSPS) is 11.2. The summed E-state index contributed by atoms with van der Waals surface area (Å²) in [4.78, 5) is 7.94. The Labute approximate surface area is 117 Å². The van der Waals surface area contributed by atoms with Crippen molar-refractivity contribution in [1.29, 1.82) is 0 Å². The van der Waals surface area contributed by atoms with Gasteiger partial charge in [0, 0.05) is 29.1 Å². The van der Waals surface area contributed by atoms with Crippen LogP contribution in [0.4, 0.5) is 0 Å². The molecule has 0 saturated heterocycles. The molecular formula is C13H12BrN3S. The van der Waals surface area contributed by atoms with Gasteiger partial charge in [0.1, 0.15) is 5.01 Å². The molecule has 2 aromatic heterocycles. The fraction of sp³-hybridized carbons (Fsp3) is 0.154. The maximum absolute atomic E-state index is 5.59. The van der Waals surface area contributed by atoms with E-state index >= 15 is 0 Å². The summed E-state index contributed by atoms with van der Waals surface area (Å²) in [5.41, 5.74) is 8.92. The van der Waals surface area contributed by atoms with Crippen molar-refractivity contribution in [2.45, 2.75) is 6.42 Å². The molecule has 0 atom stereocenters. The van der Waals surface area contributed by atoms with Gasteiger partial charge in [0.15, 0.2) is 0 Å². The Morgan fingerprint density at radius 3 is 3.00 bits per heavy atom. The molecule has 1 aromatic carbocycles. The highest BCUT2D eigenvalue weighted by Crippen LogP contribution is 2.35. The molecule has 0 spiro atoms. The molecule has 3 nitrogen and oxygen atoms in total. The fourth-order valence-corrected chi connectivity index (χ4v) is 3.60. The van der Waals surface area contributed by atoms with Gasteiger partial charge in [-0.1, -0.05) is 18.2 Å². The quantitative estimate of drug-likeness (QED) is 0.775. The first-order valence-electron chi connectivity index (χ1n) is 5.71. The number of nitrogens with one attached hydrogen (secondary N) is 1. The molecule has 3 aromatic rings. The first-order chi connectivity index (χ1) is 8.79. The van der Waals surface area contributed by atoms with Gasteiger partial charge < -0.3 is 10.7 Å². The van der Waals surface area contributed by atoms with Crippen LogP contribution in [0.3, 0.4) is 0 Å². The molecule has 0 aliphatic heterocycles. The van der Waals surface area contributed by atoms with E-state index in [9.17, 15) is 0 Å². The zero-order chi connectivity index (χ0) is 12.5. The van der Waals surface area contributed by atoms with Crippen molar-refractivity contribution in [3.05, 3.63) is 39.9 Å². The Morgan fingerprint density at radius 1 is 1.33 bits per heavy atom. The zero-order valence-corrected chi connectivity index (χ0v) is 12.0. The largest absolute Gasteiger partial charge is 0.360 e. The molecule has 0 unspecified atom stereocenters. The van der Waals surface area contributed by atoms with Crippen molar-refractivity contribution >= 4 is 38.2 Å². The van der Waals surface area contributed by atoms with Gasteiger partial charge in [-0.05, 0) is 28.5 Å². The first-order valence-corrected chi connectivity index (χ1v) is 7.32. The SMILES string of the molecule is NCCc1nc(-c2c[nH]c3ccccc23)sc1Br. The van der Waals surface area contributed by atoms with Crippen LogP contribution < -0.4 is 5.73 Å². The van der Waals surface area contributed by atoms with Crippen molar-refractivity contribution in [2.75, 3.05) is 6.54 Å². The molecule has 0 amide bonds. The van der Waals surface area contributed by atoms with E-state index in [4.69, 9.17) is 5.73 Å². The highest BCUT2D eigenvalue weighted by atomic mass is 79.9. The van der Waals surface area contributed by atoms with Gasteiger partial charge in [0.2, 0.25) is 0 Å². The Bertz CT molecular complexity index is 686. The number of fused-ring (bicyclic) bond motifs is 1. The highest BCUT2D eigenvalue weighted by Gasteiger charge is 2.13. The summed E-state index contributed by atoms with van der Waals surface area (Å²) in [6.07, 6.45) is 2.82. The molecule has 0 bridgehead atoms. The van der Waals surface area contributed by atoms with E-state index in [2.05, 4.69) is 38.0 Å². The minimum Gasteiger partial charge on any atom is -0.360 e. The number of thiazole rings is 1. The summed E-state index contributed by atoms with van der Waals surface area (Å²) < 4.78 is 1.08. The highest BCUT2D eigenvalue weighted by molar-refractivity contribution is 9.11. The number of benzene rings is 1. The number of rotatable bonds is 3. The van der Waals surface area contributed by atoms with Gasteiger partial charge in [-0.2, -0.15) is 0 Å². The second-order valence-electron chi connectivity index (χ2n) is 4.03. The lowest BCUT2D eigenvalue weighted by molar-refractivity contribution is 0.932. The Kier molecular flexibility index (Phi) is 3.20. The summed E-state index contributed by atoms with van der Waals surface area (Å²) in [5.74, 6) is 0. The zero-order valence-electron chi connectivity index (χ0n) is 9.61. The summed E-state index contributed by atoms with van der Waals surface area (Å²) in [7, 11) is 0. The lowest BCUT2D eigenvalue weighted by Crippen LogP contribution is -2.03. The number of halogens is 1. The van der Waals surface area contributed by atoms with Gasteiger partial charge in [-0.25, -0.2) is 4.98 Å². The number of H-pyrrole nitrogens is 1. The van der Waals surface area contributed by atoms with Crippen LogP contribution in [0, 0.1) is 0 Å². The third kappa shape index (κ3) is 1.98. The monoisotopic (exact) mass is 321 g/mol. The van der Waals surface area contributed by atoms with E-state index in [1.165, 1.54) is 5.39 Å². The Balaban J connectivity index is 2.11. The second-order valence-corrected chi connectivity index (χ2v) is 6.34. The maximum atomic E-state index is 5.59. The number of para-hydroxylation sites is 1. The second kappa shape index (κ2) is 4.84. The standard InChI is InChI=1S/C13H12BrN3S/c14-12-11(5-6-15)17-13(18-12)9-7-16-10-4-2-1-3-8(9)10/h1-4,7,16H,5-6,15H2. The summed E-state index contributed by atoms with van der Waals surface area (Å²) >= 11 is 5.21. The van der Waals surface area contributed by atoms with Crippen molar-refractivity contribution in [3.63, 3.8) is 0 Å². The third-order valence-electron chi connectivity index (χ3n) is 2.85. The van der Waals surface area contributed by atoms with E-state index in [1.54, 1.807) is 11.3 Å². The van der Waals surface area contributed by atoms with Gasteiger partial charge in [-0.3, -0.25) is 0 Å². The predicted molar refractivity (Wildman–Crippen MR) is 79.9 cm³/mol. The number of aromatic nitrogens is 2. The van der Waals surface area contributed by atoms with Gasteiger partial charge >= 0.3 is 0 Å². The van der Waals surface area contributed by atoms with E-state index in [1.807, 2.05) is 18.3 Å². The molecule has 92 valence electrons. The lowest BCUT2D eigenvalue weighted by Gasteiger charge is -1.93. The number of hydrogen-bond donors (Lipinski definition) is 2. The average Bonchev–Trinajstić information content (AvgIpc) is 2.94. The Morgan fingerprint density at radius 2 is 2.17 bits per heavy atom. The van der Waals surface area contributed by atoms with Crippen LogP contribution in [0.15, 0.2) is 34.2 Å². The maximum Gasteiger partial charge on any atom is 0.126 e. The summed E-state index contributed by atoms with van der Waals surface area (Å²) in [6, 6.07) is 8.25. The molecular weight excluding hydrogens is 310 g/mol. The van der Waals surface area contributed by atoms with E-state index < -0.39 is 0 Å². The number of nitrogens with two attached hydrogens (primary N) is 1. The van der Waals surface area contributed by atoms with Crippen LogP contribution in [0.1, 0.15) is 5.69 Å². The lowest BCUT2D eigenvalue weighted by atomic mass is 10.2.